The molecule has 25 heavy (non-hydrogen) atoms. The molecule has 2 N–H and O–H groups in total. The Bertz CT molecular complexity index is 873. The molecule has 1 aromatic heterocycles. The lowest BCUT2D eigenvalue weighted by Crippen LogP contribution is -2.09. The fourth-order valence-electron chi connectivity index (χ4n) is 2.25. The van der Waals surface area contributed by atoms with Gasteiger partial charge in [0.05, 0.1) is 5.69 Å². The van der Waals surface area contributed by atoms with E-state index >= 15 is 0 Å². The molecule has 0 saturated carbocycles. The lowest BCUT2D eigenvalue weighted by Gasteiger charge is -2.09. The van der Waals surface area contributed by atoms with Crippen LogP contribution in [0.3, 0.4) is 0 Å². The summed E-state index contributed by atoms with van der Waals surface area (Å²) < 4.78 is 13.7. The fourth-order valence-corrected chi connectivity index (χ4v) is 2.75. The minimum atomic E-state index is -0.340. The standard InChI is InChI=1S/C18H15Cl2FN4/c19-13-6-5-12(14(20)11-13)7-9-22-18-23-10-8-17(25-18)24-16-4-2-1-3-15(16)21/h1-6,8,10-11H,7,9H2,(H2,22,23,24,25). The van der Waals surface area contributed by atoms with Crippen molar-refractivity contribution in [3.8, 4) is 0 Å². The normalized spacial score (nSPS) is 10.5. The highest BCUT2D eigenvalue weighted by Crippen LogP contribution is 2.21. The second kappa shape index (κ2) is 8.14. The summed E-state index contributed by atoms with van der Waals surface area (Å²) in [5.41, 5.74) is 1.35. The Morgan fingerprint density at radius 1 is 1.04 bits per heavy atom. The Morgan fingerprint density at radius 2 is 1.88 bits per heavy atom. The van der Waals surface area contributed by atoms with E-state index in [1.165, 1.54) is 6.07 Å². The summed E-state index contributed by atoms with van der Waals surface area (Å²) in [6.07, 6.45) is 2.30. The third-order valence-corrected chi connectivity index (χ3v) is 4.07. The maximum atomic E-state index is 13.7. The van der Waals surface area contributed by atoms with E-state index in [1.54, 1.807) is 42.6 Å². The van der Waals surface area contributed by atoms with Crippen LogP contribution in [0.25, 0.3) is 0 Å². The van der Waals surface area contributed by atoms with E-state index in [0.717, 1.165) is 5.56 Å². The van der Waals surface area contributed by atoms with Gasteiger partial charge in [-0.3, -0.25) is 0 Å². The Balaban J connectivity index is 1.61. The van der Waals surface area contributed by atoms with Crippen LogP contribution >= 0.6 is 23.2 Å². The number of halogens is 3. The smallest absolute Gasteiger partial charge is 0.224 e. The van der Waals surface area contributed by atoms with Gasteiger partial charge >= 0.3 is 0 Å². The number of anilines is 3. The van der Waals surface area contributed by atoms with Gasteiger partial charge in [0.1, 0.15) is 11.6 Å². The molecule has 0 spiro atoms. The molecule has 0 aliphatic heterocycles. The van der Waals surface area contributed by atoms with Gasteiger partial charge in [-0.15, -0.1) is 0 Å². The van der Waals surface area contributed by atoms with Crippen LogP contribution in [0.15, 0.2) is 54.7 Å². The molecular formula is C18H15Cl2FN4. The van der Waals surface area contributed by atoms with Crippen molar-refractivity contribution in [2.45, 2.75) is 6.42 Å². The molecule has 0 saturated heterocycles. The summed E-state index contributed by atoms with van der Waals surface area (Å²) >= 11 is 12.0. The van der Waals surface area contributed by atoms with E-state index in [4.69, 9.17) is 23.2 Å². The minimum Gasteiger partial charge on any atom is -0.354 e. The monoisotopic (exact) mass is 376 g/mol. The van der Waals surface area contributed by atoms with E-state index in [0.29, 0.717) is 40.5 Å². The summed E-state index contributed by atoms with van der Waals surface area (Å²) in [6.45, 7) is 0.602. The van der Waals surface area contributed by atoms with Gasteiger partial charge in [0.25, 0.3) is 0 Å². The van der Waals surface area contributed by atoms with E-state index < -0.39 is 0 Å². The third-order valence-electron chi connectivity index (χ3n) is 3.48. The molecule has 0 bridgehead atoms. The molecule has 3 aromatic rings. The fraction of sp³-hybridized carbons (Fsp3) is 0.111. The molecule has 128 valence electrons. The number of nitrogens with zero attached hydrogens (tertiary/aromatic N) is 2. The van der Waals surface area contributed by atoms with Crippen LogP contribution in [-0.4, -0.2) is 16.5 Å². The highest BCUT2D eigenvalue weighted by molar-refractivity contribution is 6.35. The van der Waals surface area contributed by atoms with Gasteiger partial charge < -0.3 is 10.6 Å². The molecule has 4 nitrogen and oxygen atoms in total. The summed E-state index contributed by atoms with van der Waals surface area (Å²) in [7, 11) is 0. The predicted molar refractivity (Wildman–Crippen MR) is 100 cm³/mol. The SMILES string of the molecule is Fc1ccccc1Nc1ccnc(NCCc2ccc(Cl)cc2Cl)n1. The third kappa shape index (κ3) is 4.81. The number of rotatable bonds is 6. The molecule has 0 aliphatic carbocycles. The highest BCUT2D eigenvalue weighted by atomic mass is 35.5. The first-order valence-electron chi connectivity index (χ1n) is 7.64. The van der Waals surface area contributed by atoms with Gasteiger partial charge in [0.15, 0.2) is 0 Å². The predicted octanol–water partition coefficient (Wildman–Crippen LogP) is 5.32. The average Bonchev–Trinajstić information content (AvgIpc) is 2.59. The molecular weight excluding hydrogens is 362 g/mol. The molecule has 3 rings (SSSR count). The first-order chi connectivity index (χ1) is 12.1. The van der Waals surface area contributed by atoms with Gasteiger partial charge in [-0.1, -0.05) is 41.4 Å². The Labute approximate surface area is 155 Å². The van der Waals surface area contributed by atoms with Gasteiger partial charge in [-0.25, -0.2) is 9.37 Å². The Morgan fingerprint density at radius 3 is 2.68 bits per heavy atom. The Kier molecular flexibility index (Phi) is 5.68. The van der Waals surface area contributed by atoms with E-state index in [9.17, 15) is 4.39 Å². The number of hydrogen-bond acceptors (Lipinski definition) is 4. The first-order valence-corrected chi connectivity index (χ1v) is 8.40. The van der Waals surface area contributed by atoms with Gasteiger partial charge in [0, 0.05) is 22.8 Å². The summed E-state index contributed by atoms with van der Waals surface area (Å²) in [4.78, 5) is 8.48. The van der Waals surface area contributed by atoms with E-state index in [-0.39, 0.29) is 5.82 Å². The summed E-state index contributed by atoms with van der Waals surface area (Å²) in [5.74, 6) is 0.617. The number of aromatic nitrogens is 2. The quantitative estimate of drug-likeness (QED) is 0.610. The van der Waals surface area contributed by atoms with Crippen molar-refractivity contribution in [3.63, 3.8) is 0 Å². The lowest BCUT2D eigenvalue weighted by molar-refractivity contribution is 0.632. The van der Waals surface area contributed by atoms with Crippen LogP contribution in [0.2, 0.25) is 10.0 Å². The van der Waals surface area contributed by atoms with Crippen LogP contribution in [0.1, 0.15) is 5.56 Å². The van der Waals surface area contributed by atoms with Crippen LogP contribution in [-0.2, 0) is 6.42 Å². The molecule has 2 aromatic carbocycles. The average molecular weight is 377 g/mol. The molecule has 0 radical (unpaired) electrons. The van der Waals surface area contributed by atoms with Gasteiger partial charge in [-0.2, -0.15) is 4.98 Å². The van der Waals surface area contributed by atoms with Crippen molar-refractivity contribution in [3.05, 3.63) is 76.2 Å². The van der Waals surface area contributed by atoms with Crippen LogP contribution in [0.5, 0.6) is 0 Å². The number of hydrogen-bond donors (Lipinski definition) is 2. The minimum absolute atomic E-state index is 0.340. The topological polar surface area (TPSA) is 49.8 Å². The van der Waals surface area contributed by atoms with Crippen molar-refractivity contribution in [1.29, 1.82) is 0 Å². The first kappa shape index (κ1) is 17.5. The highest BCUT2D eigenvalue weighted by Gasteiger charge is 2.05. The van der Waals surface area contributed by atoms with Gasteiger partial charge in [0.2, 0.25) is 5.95 Å². The molecule has 0 atom stereocenters. The van der Waals surface area contributed by atoms with Crippen LogP contribution in [0, 0.1) is 5.82 Å². The largest absolute Gasteiger partial charge is 0.354 e. The zero-order chi connectivity index (χ0) is 17.6. The maximum Gasteiger partial charge on any atom is 0.224 e. The maximum absolute atomic E-state index is 13.7. The van der Waals surface area contributed by atoms with Gasteiger partial charge in [-0.05, 0) is 42.3 Å². The molecule has 7 heteroatoms. The van der Waals surface area contributed by atoms with Crippen molar-refractivity contribution >= 4 is 40.7 Å². The number of para-hydroxylation sites is 1. The van der Waals surface area contributed by atoms with Crippen molar-refractivity contribution in [2.75, 3.05) is 17.2 Å². The second-order valence-electron chi connectivity index (χ2n) is 5.28. The summed E-state index contributed by atoms with van der Waals surface area (Å²) in [5, 5.41) is 7.30. The second-order valence-corrected chi connectivity index (χ2v) is 6.13. The number of nitrogens with one attached hydrogen (secondary N) is 2. The summed E-state index contributed by atoms with van der Waals surface area (Å²) in [6, 6.07) is 13.5. The zero-order valence-corrected chi connectivity index (χ0v) is 14.7. The van der Waals surface area contributed by atoms with Crippen LogP contribution < -0.4 is 10.6 Å². The molecule has 0 unspecified atom stereocenters. The van der Waals surface area contributed by atoms with Crippen molar-refractivity contribution in [2.24, 2.45) is 0 Å². The molecule has 0 aliphatic rings. The van der Waals surface area contributed by atoms with E-state index in [1.807, 2.05) is 6.07 Å². The Hall–Kier alpha value is -2.37. The van der Waals surface area contributed by atoms with Crippen LogP contribution in [0.4, 0.5) is 21.8 Å². The zero-order valence-electron chi connectivity index (χ0n) is 13.1. The van der Waals surface area contributed by atoms with Crippen molar-refractivity contribution in [1.82, 2.24) is 9.97 Å². The van der Waals surface area contributed by atoms with E-state index in [2.05, 4.69) is 20.6 Å². The number of benzene rings is 2. The lowest BCUT2D eigenvalue weighted by atomic mass is 10.1. The van der Waals surface area contributed by atoms with Crippen molar-refractivity contribution < 1.29 is 4.39 Å². The molecule has 1 heterocycles. The molecule has 0 amide bonds. The molecule has 0 fully saturated rings.